The van der Waals surface area contributed by atoms with E-state index in [1.807, 2.05) is 4.90 Å². The van der Waals surface area contributed by atoms with E-state index in [1.54, 1.807) is 25.3 Å². The summed E-state index contributed by atoms with van der Waals surface area (Å²) in [6.07, 6.45) is 4.60. The third-order valence-electron chi connectivity index (χ3n) is 4.27. The van der Waals surface area contributed by atoms with Gasteiger partial charge in [0.25, 0.3) is 5.91 Å². The highest BCUT2D eigenvalue weighted by atomic mass is 35.5. The average molecular weight is 377 g/mol. The highest BCUT2D eigenvalue weighted by Gasteiger charge is 2.20. The lowest BCUT2D eigenvalue weighted by molar-refractivity contribution is 0.0718. The number of methoxy groups -OCH3 is 2. The lowest BCUT2D eigenvalue weighted by Gasteiger charge is -2.26. The third-order valence-corrected chi connectivity index (χ3v) is 4.56. The Labute approximate surface area is 157 Å². The minimum atomic E-state index is -0.0733. The van der Waals surface area contributed by atoms with Crippen LogP contribution in [-0.2, 0) is 0 Å². The van der Waals surface area contributed by atoms with Gasteiger partial charge in [-0.25, -0.2) is 9.97 Å². The molecule has 2 heterocycles. The number of carbonyl (C=O) groups is 1. The molecular formula is C18H21ClN4O3. The van der Waals surface area contributed by atoms with Crippen LogP contribution in [0.4, 0.5) is 11.5 Å². The molecule has 1 aromatic heterocycles. The van der Waals surface area contributed by atoms with Crippen molar-refractivity contribution in [2.45, 2.75) is 19.3 Å². The molecule has 138 valence electrons. The Morgan fingerprint density at radius 2 is 1.81 bits per heavy atom. The fourth-order valence-electron chi connectivity index (χ4n) is 2.90. The minimum Gasteiger partial charge on any atom is -0.495 e. The Kier molecular flexibility index (Phi) is 5.78. The zero-order valence-corrected chi connectivity index (χ0v) is 15.5. The van der Waals surface area contributed by atoms with Crippen LogP contribution in [0.5, 0.6) is 11.5 Å². The van der Waals surface area contributed by atoms with Gasteiger partial charge in [-0.1, -0.05) is 11.6 Å². The van der Waals surface area contributed by atoms with Crippen molar-refractivity contribution >= 4 is 29.0 Å². The number of anilines is 2. The molecule has 0 unspecified atom stereocenters. The molecule has 1 aliphatic rings. The van der Waals surface area contributed by atoms with Gasteiger partial charge in [-0.3, -0.25) is 4.79 Å². The van der Waals surface area contributed by atoms with Crippen molar-refractivity contribution in [1.82, 2.24) is 14.9 Å². The van der Waals surface area contributed by atoms with Gasteiger partial charge in [-0.15, -0.1) is 0 Å². The van der Waals surface area contributed by atoms with Crippen molar-refractivity contribution in [2.75, 3.05) is 32.6 Å². The molecule has 7 nitrogen and oxygen atoms in total. The second-order valence-corrected chi connectivity index (χ2v) is 6.36. The number of carbonyl (C=O) groups excluding carboxylic acids is 1. The van der Waals surface area contributed by atoms with E-state index in [2.05, 4.69) is 15.3 Å². The standard InChI is InChI=1S/C18H21ClN4O3/c1-25-15-9-13(16(26-2)8-12(15)19)22-17-10-14(20-11-21-17)18(24)23-6-4-3-5-7-23/h8-11H,3-7H2,1-2H3,(H,20,21,22). The van der Waals surface area contributed by atoms with Crippen LogP contribution in [0.25, 0.3) is 0 Å². The molecule has 2 aromatic rings. The zero-order valence-electron chi connectivity index (χ0n) is 14.8. The maximum absolute atomic E-state index is 12.6. The number of hydrogen-bond acceptors (Lipinski definition) is 6. The summed E-state index contributed by atoms with van der Waals surface area (Å²) in [5.74, 6) is 1.46. The third kappa shape index (κ3) is 3.99. The number of aromatic nitrogens is 2. The molecule has 1 N–H and O–H groups in total. The Morgan fingerprint density at radius 3 is 2.50 bits per heavy atom. The van der Waals surface area contributed by atoms with E-state index < -0.39 is 0 Å². The molecule has 0 radical (unpaired) electrons. The Bertz CT molecular complexity index is 794. The van der Waals surface area contributed by atoms with Crippen molar-refractivity contribution in [3.8, 4) is 11.5 Å². The number of likely N-dealkylation sites (tertiary alicyclic amines) is 1. The normalized spacial score (nSPS) is 14.0. The fraction of sp³-hybridized carbons (Fsp3) is 0.389. The highest BCUT2D eigenvalue weighted by Crippen LogP contribution is 2.37. The minimum absolute atomic E-state index is 0.0733. The number of rotatable bonds is 5. The molecule has 0 aliphatic carbocycles. The number of halogens is 1. The summed E-state index contributed by atoms with van der Waals surface area (Å²) in [4.78, 5) is 22.8. The van der Waals surface area contributed by atoms with Crippen molar-refractivity contribution in [3.63, 3.8) is 0 Å². The van der Waals surface area contributed by atoms with E-state index in [0.29, 0.717) is 33.7 Å². The summed E-state index contributed by atoms with van der Waals surface area (Å²) >= 11 is 6.13. The first-order valence-electron chi connectivity index (χ1n) is 8.42. The molecule has 0 spiro atoms. The van der Waals surface area contributed by atoms with Gasteiger partial charge >= 0.3 is 0 Å². The van der Waals surface area contributed by atoms with Gasteiger partial charge < -0.3 is 19.7 Å². The van der Waals surface area contributed by atoms with Gasteiger partial charge in [0.15, 0.2) is 0 Å². The van der Waals surface area contributed by atoms with Crippen LogP contribution in [0, 0.1) is 0 Å². The highest BCUT2D eigenvalue weighted by molar-refractivity contribution is 6.32. The zero-order chi connectivity index (χ0) is 18.5. The largest absolute Gasteiger partial charge is 0.495 e. The molecule has 8 heteroatoms. The Balaban J connectivity index is 1.84. The summed E-state index contributed by atoms with van der Waals surface area (Å²) in [6, 6.07) is 5.01. The average Bonchev–Trinajstić information content (AvgIpc) is 2.69. The quantitative estimate of drug-likeness (QED) is 0.860. The van der Waals surface area contributed by atoms with Gasteiger partial charge in [0.05, 0.1) is 24.9 Å². The Morgan fingerprint density at radius 1 is 1.08 bits per heavy atom. The van der Waals surface area contributed by atoms with Crippen molar-refractivity contribution in [1.29, 1.82) is 0 Å². The number of ether oxygens (including phenoxy) is 2. The first-order chi connectivity index (χ1) is 12.6. The Hall–Kier alpha value is -2.54. The van der Waals surface area contributed by atoms with Crippen LogP contribution in [0.15, 0.2) is 24.5 Å². The SMILES string of the molecule is COc1cc(Nc2cc(C(=O)N3CCCCC3)ncn2)c(OC)cc1Cl. The number of hydrogen-bond donors (Lipinski definition) is 1. The van der Waals surface area contributed by atoms with Gasteiger partial charge in [0.1, 0.15) is 29.3 Å². The molecular weight excluding hydrogens is 356 g/mol. The van der Waals surface area contributed by atoms with Gasteiger partial charge in [0.2, 0.25) is 0 Å². The molecule has 0 atom stereocenters. The van der Waals surface area contributed by atoms with Crippen LogP contribution in [0.1, 0.15) is 29.8 Å². The van der Waals surface area contributed by atoms with E-state index in [4.69, 9.17) is 21.1 Å². The maximum atomic E-state index is 12.6. The second-order valence-electron chi connectivity index (χ2n) is 5.95. The van der Waals surface area contributed by atoms with Crippen molar-refractivity contribution in [2.24, 2.45) is 0 Å². The number of nitrogens with one attached hydrogen (secondary N) is 1. The van der Waals surface area contributed by atoms with E-state index in [-0.39, 0.29) is 5.91 Å². The van der Waals surface area contributed by atoms with Crippen LogP contribution >= 0.6 is 11.6 Å². The fourth-order valence-corrected chi connectivity index (χ4v) is 3.13. The maximum Gasteiger partial charge on any atom is 0.272 e. The number of piperidine rings is 1. The van der Waals surface area contributed by atoms with E-state index in [0.717, 1.165) is 25.9 Å². The first kappa shape index (κ1) is 18.3. The molecule has 1 aliphatic heterocycles. The van der Waals surface area contributed by atoms with Gasteiger partial charge in [-0.2, -0.15) is 0 Å². The number of amides is 1. The van der Waals surface area contributed by atoms with Crippen molar-refractivity contribution in [3.05, 3.63) is 35.2 Å². The predicted octanol–water partition coefficient (Wildman–Crippen LogP) is 3.52. The monoisotopic (exact) mass is 376 g/mol. The van der Waals surface area contributed by atoms with Crippen LogP contribution < -0.4 is 14.8 Å². The molecule has 1 saturated heterocycles. The summed E-state index contributed by atoms with van der Waals surface area (Å²) in [5, 5.41) is 3.58. The first-order valence-corrected chi connectivity index (χ1v) is 8.80. The number of nitrogens with zero attached hydrogens (tertiary/aromatic N) is 3. The topological polar surface area (TPSA) is 76.6 Å². The van der Waals surface area contributed by atoms with E-state index in [1.165, 1.54) is 19.9 Å². The summed E-state index contributed by atoms with van der Waals surface area (Å²) < 4.78 is 10.6. The molecule has 1 amide bonds. The van der Waals surface area contributed by atoms with Crippen LogP contribution in [0.3, 0.4) is 0 Å². The van der Waals surface area contributed by atoms with E-state index in [9.17, 15) is 4.79 Å². The number of benzene rings is 1. The van der Waals surface area contributed by atoms with E-state index >= 15 is 0 Å². The van der Waals surface area contributed by atoms with Gasteiger partial charge in [-0.05, 0) is 19.3 Å². The molecule has 1 aromatic carbocycles. The molecule has 0 saturated carbocycles. The van der Waals surface area contributed by atoms with Gasteiger partial charge in [0, 0.05) is 31.3 Å². The van der Waals surface area contributed by atoms with Crippen molar-refractivity contribution < 1.29 is 14.3 Å². The molecule has 0 bridgehead atoms. The summed E-state index contributed by atoms with van der Waals surface area (Å²) in [6.45, 7) is 1.54. The molecule has 26 heavy (non-hydrogen) atoms. The molecule has 1 fully saturated rings. The lowest BCUT2D eigenvalue weighted by Crippen LogP contribution is -2.36. The summed E-state index contributed by atoms with van der Waals surface area (Å²) in [5.41, 5.74) is 0.994. The van der Waals surface area contributed by atoms with Crippen LogP contribution in [0.2, 0.25) is 5.02 Å². The van der Waals surface area contributed by atoms with Crippen LogP contribution in [-0.4, -0.2) is 48.1 Å². The lowest BCUT2D eigenvalue weighted by atomic mass is 10.1. The smallest absolute Gasteiger partial charge is 0.272 e. The predicted molar refractivity (Wildman–Crippen MR) is 99.6 cm³/mol. The molecule has 3 rings (SSSR count). The second kappa shape index (κ2) is 8.23. The summed E-state index contributed by atoms with van der Waals surface area (Å²) in [7, 11) is 3.09.